The highest BCUT2D eigenvalue weighted by Crippen LogP contribution is 2.24. The van der Waals surface area contributed by atoms with Crippen LogP contribution in [0.1, 0.15) is 27.7 Å². The second-order valence-electron chi connectivity index (χ2n) is 4.69. The molecule has 0 unspecified atom stereocenters. The average Bonchev–Trinajstić information content (AvgIpc) is 2.03. The highest BCUT2D eigenvalue weighted by molar-refractivity contribution is 4.80. The van der Waals surface area contributed by atoms with Crippen molar-refractivity contribution in [3.8, 4) is 0 Å². The van der Waals surface area contributed by atoms with Gasteiger partial charge in [0.25, 0.3) is 0 Å². The monoisotopic (exact) mass is 171 g/mol. The van der Waals surface area contributed by atoms with Crippen LogP contribution < -0.4 is 0 Å². The summed E-state index contributed by atoms with van der Waals surface area (Å²) in [5.41, 5.74) is 0.386. The van der Waals surface area contributed by atoms with E-state index in [1.165, 1.54) is 0 Å². The zero-order valence-electron chi connectivity index (χ0n) is 8.76. The van der Waals surface area contributed by atoms with Crippen molar-refractivity contribution in [2.75, 3.05) is 26.3 Å². The molecular formula is C10H21NO. The molecule has 1 rings (SSSR count). The van der Waals surface area contributed by atoms with Crippen LogP contribution in [0, 0.1) is 5.41 Å². The van der Waals surface area contributed by atoms with E-state index >= 15 is 0 Å². The number of nitrogens with zero attached hydrogens (tertiary/aromatic N) is 1. The summed E-state index contributed by atoms with van der Waals surface area (Å²) in [6.07, 6.45) is 0. The first kappa shape index (κ1) is 10.0. The molecule has 1 saturated heterocycles. The van der Waals surface area contributed by atoms with Crippen LogP contribution in [0.2, 0.25) is 0 Å². The van der Waals surface area contributed by atoms with E-state index in [0.717, 1.165) is 26.3 Å². The highest BCUT2D eigenvalue weighted by atomic mass is 16.5. The summed E-state index contributed by atoms with van der Waals surface area (Å²) >= 11 is 0. The summed E-state index contributed by atoms with van der Waals surface area (Å²) in [4.78, 5) is 2.52. The molecule has 0 aromatic heterocycles. The van der Waals surface area contributed by atoms with E-state index in [2.05, 4.69) is 32.6 Å². The van der Waals surface area contributed by atoms with Crippen LogP contribution in [0.25, 0.3) is 0 Å². The Hall–Kier alpha value is -0.0800. The minimum atomic E-state index is 0.386. The predicted octanol–water partition coefficient (Wildman–Crippen LogP) is 1.75. The van der Waals surface area contributed by atoms with Gasteiger partial charge in [-0.05, 0) is 12.3 Å². The Labute approximate surface area is 75.9 Å². The fourth-order valence-corrected chi connectivity index (χ4v) is 1.51. The molecule has 72 valence electrons. The fraction of sp³-hybridized carbons (Fsp3) is 1.00. The Morgan fingerprint density at radius 2 is 1.67 bits per heavy atom. The predicted molar refractivity (Wildman–Crippen MR) is 51.3 cm³/mol. The zero-order chi connectivity index (χ0) is 9.19. The van der Waals surface area contributed by atoms with Crippen LogP contribution in [0.4, 0.5) is 0 Å². The summed E-state index contributed by atoms with van der Waals surface area (Å²) in [5.74, 6) is 0. The smallest absolute Gasteiger partial charge is 0.0594 e. The van der Waals surface area contributed by atoms with Crippen molar-refractivity contribution in [3.63, 3.8) is 0 Å². The molecule has 0 N–H and O–H groups in total. The second-order valence-corrected chi connectivity index (χ2v) is 4.69. The van der Waals surface area contributed by atoms with Gasteiger partial charge in [-0.15, -0.1) is 0 Å². The third-order valence-electron chi connectivity index (χ3n) is 2.85. The average molecular weight is 171 g/mol. The van der Waals surface area contributed by atoms with Gasteiger partial charge in [-0.2, -0.15) is 0 Å². The molecule has 0 aliphatic carbocycles. The maximum atomic E-state index is 5.32. The molecule has 1 aliphatic rings. The SMILES string of the molecule is C[C@H](N1CCOCC1)C(C)(C)C. The third kappa shape index (κ3) is 2.46. The molecule has 0 saturated carbocycles. The summed E-state index contributed by atoms with van der Waals surface area (Å²) in [7, 11) is 0. The van der Waals surface area contributed by atoms with Crippen molar-refractivity contribution in [3.05, 3.63) is 0 Å². The lowest BCUT2D eigenvalue weighted by Gasteiger charge is -2.39. The van der Waals surface area contributed by atoms with Crippen LogP contribution in [0.5, 0.6) is 0 Å². The number of hydrogen-bond donors (Lipinski definition) is 0. The van der Waals surface area contributed by atoms with Crippen molar-refractivity contribution in [1.29, 1.82) is 0 Å². The molecule has 0 spiro atoms. The van der Waals surface area contributed by atoms with Crippen LogP contribution in [-0.4, -0.2) is 37.2 Å². The van der Waals surface area contributed by atoms with Crippen molar-refractivity contribution >= 4 is 0 Å². The second kappa shape index (κ2) is 3.75. The van der Waals surface area contributed by atoms with Crippen molar-refractivity contribution in [2.45, 2.75) is 33.7 Å². The number of rotatable bonds is 1. The quantitative estimate of drug-likeness (QED) is 0.596. The number of ether oxygens (including phenoxy) is 1. The molecule has 0 bridgehead atoms. The van der Waals surface area contributed by atoms with Crippen molar-refractivity contribution in [2.24, 2.45) is 5.41 Å². The lowest BCUT2D eigenvalue weighted by molar-refractivity contribution is -0.00448. The summed E-state index contributed by atoms with van der Waals surface area (Å²) in [6, 6.07) is 0.654. The molecule has 0 radical (unpaired) electrons. The van der Waals surface area contributed by atoms with Gasteiger partial charge in [0, 0.05) is 19.1 Å². The van der Waals surface area contributed by atoms with E-state index in [1.54, 1.807) is 0 Å². The first-order chi connectivity index (χ1) is 5.52. The highest BCUT2D eigenvalue weighted by Gasteiger charge is 2.26. The summed E-state index contributed by atoms with van der Waals surface area (Å²) in [6.45, 7) is 13.2. The van der Waals surface area contributed by atoms with Crippen molar-refractivity contribution in [1.82, 2.24) is 4.90 Å². The Morgan fingerprint density at radius 3 is 2.08 bits per heavy atom. The van der Waals surface area contributed by atoms with Gasteiger partial charge in [0.1, 0.15) is 0 Å². The minimum absolute atomic E-state index is 0.386. The van der Waals surface area contributed by atoms with E-state index < -0.39 is 0 Å². The molecule has 0 aromatic rings. The molecular weight excluding hydrogens is 150 g/mol. The molecule has 12 heavy (non-hydrogen) atoms. The van der Waals surface area contributed by atoms with Gasteiger partial charge in [0.15, 0.2) is 0 Å². The van der Waals surface area contributed by atoms with Gasteiger partial charge in [-0.1, -0.05) is 20.8 Å². The Kier molecular flexibility index (Phi) is 3.13. The fourth-order valence-electron chi connectivity index (χ4n) is 1.51. The first-order valence-corrected chi connectivity index (χ1v) is 4.83. The first-order valence-electron chi connectivity index (χ1n) is 4.83. The van der Waals surface area contributed by atoms with E-state index in [0.29, 0.717) is 11.5 Å². The standard InChI is InChI=1S/C10H21NO/c1-9(10(2,3)4)11-5-7-12-8-6-11/h9H,5-8H2,1-4H3/t9-/m0/s1. The van der Waals surface area contributed by atoms with Crippen LogP contribution in [-0.2, 0) is 4.74 Å². The minimum Gasteiger partial charge on any atom is -0.379 e. The molecule has 1 heterocycles. The van der Waals surface area contributed by atoms with Crippen LogP contribution in [0.3, 0.4) is 0 Å². The molecule has 2 nitrogen and oxygen atoms in total. The Bertz CT molecular complexity index is 133. The number of morpholine rings is 1. The zero-order valence-corrected chi connectivity index (χ0v) is 8.76. The van der Waals surface area contributed by atoms with Gasteiger partial charge in [-0.25, -0.2) is 0 Å². The third-order valence-corrected chi connectivity index (χ3v) is 2.85. The largest absolute Gasteiger partial charge is 0.379 e. The van der Waals surface area contributed by atoms with E-state index in [-0.39, 0.29) is 0 Å². The van der Waals surface area contributed by atoms with Gasteiger partial charge in [0.2, 0.25) is 0 Å². The van der Waals surface area contributed by atoms with E-state index in [4.69, 9.17) is 4.74 Å². The lowest BCUT2D eigenvalue weighted by atomic mass is 9.87. The molecule has 2 heteroatoms. The van der Waals surface area contributed by atoms with Gasteiger partial charge in [-0.3, -0.25) is 4.90 Å². The van der Waals surface area contributed by atoms with Gasteiger partial charge >= 0.3 is 0 Å². The van der Waals surface area contributed by atoms with Gasteiger partial charge in [0.05, 0.1) is 13.2 Å². The van der Waals surface area contributed by atoms with Crippen molar-refractivity contribution < 1.29 is 4.74 Å². The summed E-state index contributed by atoms with van der Waals surface area (Å²) < 4.78 is 5.32. The molecule has 1 fully saturated rings. The maximum Gasteiger partial charge on any atom is 0.0594 e. The molecule has 0 aromatic carbocycles. The number of hydrogen-bond acceptors (Lipinski definition) is 2. The summed E-state index contributed by atoms with van der Waals surface area (Å²) in [5, 5.41) is 0. The van der Waals surface area contributed by atoms with E-state index in [1.807, 2.05) is 0 Å². The lowest BCUT2D eigenvalue weighted by Crippen LogP contribution is -2.47. The normalized spacial score (nSPS) is 24.0. The maximum absolute atomic E-state index is 5.32. The molecule has 1 aliphatic heterocycles. The molecule has 0 amide bonds. The Balaban J connectivity index is 2.45. The topological polar surface area (TPSA) is 12.5 Å². The van der Waals surface area contributed by atoms with Crippen LogP contribution >= 0.6 is 0 Å². The Morgan fingerprint density at radius 1 is 1.17 bits per heavy atom. The van der Waals surface area contributed by atoms with E-state index in [9.17, 15) is 0 Å². The van der Waals surface area contributed by atoms with Gasteiger partial charge < -0.3 is 4.74 Å². The van der Waals surface area contributed by atoms with Crippen LogP contribution in [0.15, 0.2) is 0 Å². The molecule has 1 atom stereocenters.